The van der Waals surface area contributed by atoms with Gasteiger partial charge in [0.25, 0.3) is 17.6 Å². The minimum atomic E-state index is -3.15. The Labute approximate surface area is 133 Å². The van der Waals surface area contributed by atoms with Crippen molar-refractivity contribution >= 4 is 11.7 Å². The predicted octanol–water partition coefficient (Wildman–Crippen LogP) is 2.66. The highest BCUT2D eigenvalue weighted by Crippen LogP contribution is 2.53. The Morgan fingerprint density at radius 1 is 1.42 bits per heavy atom. The fourth-order valence-electron chi connectivity index (χ4n) is 3.45. The molecule has 3 rings (SSSR count). The van der Waals surface area contributed by atoms with Crippen molar-refractivity contribution in [3.63, 3.8) is 0 Å². The van der Waals surface area contributed by atoms with Crippen LogP contribution < -0.4 is 5.73 Å². The molecular formula is C14H13F4N3O3. The van der Waals surface area contributed by atoms with E-state index in [0.29, 0.717) is 0 Å². The molecule has 0 bridgehead atoms. The Morgan fingerprint density at radius 3 is 2.75 bits per heavy atom. The average Bonchev–Trinajstić information content (AvgIpc) is 2.80. The fraction of sp³-hybridized carbons (Fsp3) is 0.500. The molecule has 1 heterocycles. The molecule has 10 heteroatoms. The molecule has 1 aromatic carbocycles. The van der Waals surface area contributed by atoms with Crippen LogP contribution in [0.3, 0.4) is 0 Å². The summed E-state index contributed by atoms with van der Waals surface area (Å²) in [5, 5.41) is 10.9. The van der Waals surface area contributed by atoms with Gasteiger partial charge in [0.05, 0.1) is 4.92 Å². The minimum Gasteiger partial charge on any atom is -0.461 e. The number of fused-ring (bicyclic) bond motifs is 1. The topological polar surface area (TPSA) is 90.8 Å². The average molecular weight is 347 g/mol. The smallest absolute Gasteiger partial charge is 0.283 e. The summed E-state index contributed by atoms with van der Waals surface area (Å²) >= 11 is 0. The number of nitro benzene ring substituents is 1. The summed E-state index contributed by atoms with van der Waals surface area (Å²) in [6, 6.07) is 1.95. The van der Waals surface area contributed by atoms with Crippen LogP contribution in [-0.2, 0) is 10.3 Å². The quantitative estimate of drug-likeness (QED) is 0.517. The van der Waals surface area contributed by atoms with E-state index in [1.54, 1.807) is 0 Å². The molecule has 1 saturated carbocycles. The Bertz CT molecular complexity index is 727. The largest absolute Gasteiger partial charge is 0.461 e. The van der Waals surface area contributed by atoms with Gasteiger partial charge in [0.1, 0.15) is 24.1 Å². The molecule has 0 spiro atoms. The van der Waals surface area contributed by atoms with Crippen LogP contribution in [0.2, 0.25) is 0 Å². The van der Waals surface area contributed by atoms with Crippen LogP contribution in [0.5, 0.6) is 0 Å². The number of benzene rings is 1. The van der Waals surface area contributed by atoms with Crippen molar-refractivity contribution in [1.29, 1.82) is 0 Å². The molecule has 0 amide bonds. The standard InChI is InChI=1S/C14H13F4N3O3/c15-6-14(8-3-7(21(22)23)1-2-10(8)16)9-4-13(17,18)5-11(9)24-12(19)20-14/h1-3,9,11H,4-6H2,(H2,19,20)/t9-,11+,14+/m0/s1. The van der Waals surface area contributed by atoms with Gasteiger partial charge in [-0.25, -0.2) is 22.6 Å². The van der Waals surface area contributed by atoms with Gasteiger partial charge < -0.3 is 10.5 Å². The Balaban J connectivity index is 2.19. The van der Waals surface area contributed by atoms with Crippen molar-refractivity contribution < 1.29 is 27.2 Å². The van der Waals surface area contributed by atoms with E-state index >= 15 is 0 Å². The molecule has 1 aliphatic carbocycles. The van der Waals surface area contributed by atoms with Gasteiger partial charge in [-0.05, 0) is 6.07 Å². The molecule has 0 unspecified atom stereocenters. The number of nitrogens with two attached hydrogens (primary N) is 1. The molecule has 0 radical (unpaired) electrons. The van der Waals surface area contributed by atoms with Gasteiger partial charge in [-0.1, -0.05) is 0 Å². The normalized spacial score (nSPS) is 31.1. The molecule has 3 atom stereocenters. The van der Waals surface area contributed by atoms with Crippen molar-refractivity contribution in [3.8, 4) is 0 Å². The zero-order valence-electron chi connectivity index (χ0n) is 12.2. The van der Waals surface area contributed by atoms with Crippen LogP contribution in [0.25, 0.3) is 0 Å². The second-order valence-corrected chi connectivity index (χ2v) is 5.96. The van der Waals surface area contributed by atoms with Gasteiger partial charge >= 0.3 is 0 Å². The summed E-state index contributed by atoms with van der Waals surface area (Å²) in [5.41, 5.74) is 2.42. The van der Waals surface area contributed by atoms with E-state index in [9.17, 15) is 27.7 Å². The highest BCUT2D eigenvalue weighted by Gasteiger charge is 2.60. The van der Waals surface area contributed by atoms with Gasteiger partial charge in [-0.15, -0.1) is 0 Å². The molecule has 0 aromatic heterocycles. The maximum atomic E-state index is 14.3. The van der Waals surface area contributed by atoms with E-state index < -0.39 is 71.0 Å². The molecule has 1 fully saturated rings. The number of hydrogen-bond donors (Lipinski definition) is 1. The van der Waals surface area contributed by atoms with Gasteiger partial charge in [-0.3, -0.25) is 10.1 Å². The highest BCUT2D eigenvalue weighted by atomic mass is 19.3. The van der Waals surface area contributed by atoms with Crippen LogP contribution in [0.15, 0.2) is 23.2 Å². The van der Waals surface area contributed by atoms with Crippen LogP contribution in [0, 0.1) is 21.8 Å². The summed E-state index contributed by atoms with van der Waals surface area (Å²) in [5.74, 6) is -5.32. The van der Waals surface area contributed by atoms with E-state index in [4.69, 9.17) is 10.5 Å². The van der Waals surface area contributed by atoms with Crippen molar-refractivity contribution in [2.75, 3.05) is 6.67 Å². The molecule has 2 aliphatic rings. The Morgan fingerprint density at radius 2 is 2.12 bits per heavy atom. The molecule has 1 aromatic rings. The van der Waals surface area contributed by atoms with E-state index in [2.05, 4.69) is 4.99 Å². The zero-order valence-corrected chi connectivity index (χ0v) is 12.2. The number of aliphatic imine (C=N–C) groups is 1. The molecular weight excluding hydrogens is 334 g/mol. The van der Waals surface area contributed by atoms with Gasteiger partial charge in [-0.2, -0.15) is 0 Å². The number of ether oxygens (including phenoxy) is 1. The Hall–Kier alpha value is -2.39. The molecule has 0 saturated heterocycles. The third-order valence-electron chi connectivity index (χ3n) is 4.49. The second kappa shape index (κ2) is 5.32. The first-order chi connectivity index (χ1) is 11.2. The minimum absolute atomic E-state index is 0.474. The Kier molecular flexibility index (Phi) is 3.65. The van der Waals surface area contributed by atoms with Crippen LogP contribution in [-0.4, -0.2) is 29.6 Å². The summed E-state index contributed by atoms with van der Waals surface area (Å²) in [4.78, 5) is 13.9. The van der Waals surface area contributed by atoms with E-state index in [1.807, 2.05) is 0 Å². The number of rotatable bonds is 3. The maximum absolute atomic E-state index is 14.3. The SMILES string of the molecule is NC1=N[C@](CF)(c2cc([N+](=O)[O-])ccc2F)[C@H]2CC(F)(F)C[C@H]2O1. The number of non-ortho nitro benzene ring substituents is 1. The lowest BCUT2D eigenvalue weighted by molar-refractivity contribution is -0.385. The number of hydrogen-bond acceptors (Lipinski definition) is 5. The van der Waals surface area contributed by atoms with E-state index in [0.717, 1.165) is 18.2 Å². The van der Waals surface area contributed by atoms with E-state index in [1.165, 1.54) is 0 Å². The van der Waals surface area contributed by atoms with Gasteiger partial charge in [0, 0.05) is 36.5 Å². The summed E-state index contributed by atoms with van der Waals surface area (Å²) in [7, 11) is 0. The monoisotopic (exact) mass is 347 g/mol. The first-order valence-electron chi connectivity index (χ1n) is 7.09. The van der Waals surface area contributed by atoms with Gasteiger partial charge in [0.15, 0.2) is 0 Å². The second-order valence-electron chi connectivity index (χ2n) is 5.96. The molecule has 2 N–H and O–H groups in total. The van der Waals surface area contributed by atoms with Crippen molar-refractivity contribution in [2.45, 2.75) is 30.4 Å². The number of alkyl halides is 3. The van der Waals surface area contributed by atoms with Gasteiger partial charge in [0.2, 0.25) is 0 Å². The number of amidine groups is 1. The lowest BCUT2D eigenvalue weighted by Crippen LogP contribution is -2.48. The molecule has 24 heavy (non-hydrogen) atoms. The predicted molar refractivity (Wildman–Crippen MR) is 74.9 cm³/mol. The lowest BCUT2D eigenvalue weighted by Gasteiger charge is -2.40. The third kappa shape index (κ3) is 2.45. The first-order valence-corrected chi connectivity index (χ1v) is 7.09. The summed E-state index contributed by atoms with van der Waals surface area (Å²) in [6.45, 7) is -1.34. The molecule has 1 aliphatic heterocycles. The lowest BCUT2D eigenvalue weighted by atomic mass is 9.76. The van der Waals surface area contributed by atoms with E-state index in [-0.39, 0.29) is 0 Å². The van der Waals surface area contributed by atoms with Crippen LogP contribution in [0.1, 0.15) is 18.4 Å². The third-order valence-corrected chi connectivity index (χ3v) is 4.49. The summed E-state index contributed by atoms with van der Waals surface area (Å²) < 4.78 is 60.9. The number of halogens is 4. The highest BCUT2D eigenvalue weighted by molar-refractivity contribution is 5.73. The molecule has 6 nitrogen and oxygen atoms in total. The zero-order chi connectivity index (χ0) is 17.7. The summed E-state index contributed by atoms with van der Waals surface area (Å²) in [6.07, 6.45) is -2.63. The van der Waals surface area contributed by atoms with Crippen molar-refractivity contribution in [1.82, 2.24) is 0 Å². The number of nitrogens with zero attached hydrogens (tertiary/aromatic N) is 2. The van der Waals surface area contributed by atoms with Crippen molar-refractivity contribution in [2.24, 2.45) is 16.6 Å². The van der Waals surface area contributed by atoms with Crippen LogP contribution >= 0.6 is 0 Å². The fourth-order valence-corrected chi connectivity index (χ4v) is 3.45. The maximum Gasteiger partial charge on any atom is 0.283 e. The van der Waals surface area contributed by atoms with Crippen molar-refractivity contribution in [3.05, 3.63) is 39.7 Å². The first kappa shape index (κ1) is 16.5. The van der Waals surface area contributed by atoms with Crippen LogP contribution in [0.4, 0.5) is 23.2 Å². The number of nitro groups is 1. The molecule has 130 valence electrons.